The Morgan fingerprint density at radius 3 is 2.70 bits per heavy atom. The minimum absolute atomic E-state index is 0.0639. The van der Waals surface area contributed by atoms with Gasteiger partial charge in [0.05, 0.1) is 31.8 Å². The van der Waals surface area contributed by atoms with Crippen molar-refractivity contribution in [1.82, 2.24) is 9.80 Å². The number of aliphatic hydroxyl groups is 2. The van der Waals surface area contributed by atoms with E-state index in [9.17, 15) is 9.90 Å². The monoisotopic (exact) mass is 422 g/mol. The Hall–Kier alpha value is -0.990. The summed E-state index contributed by atoms with van der Waals surface area (Å²) in [6, 6.07) is 0. The molecule has 6 atom stereocenters. The number of hydrogen-bond donors (Lipinski definition) is 2. The Morgan fingerprint density at radius 1 is 1.23 bits per heavy atom. The quantitative estimate of drug-likeness (QED) is 0.358. The van der Waals surface area contributed by atoms with Gasteiger partial charge in [-0.15, -0.1) is 0 Å². The minimum Gasteiger partial charge on any atom is -0.461 e. The number of allylic oxidation sites excluding steroid dienone is 1. The third-order valence-electron chi connectivity index (χ3n) is 8.28. The first-order valence-corrected chi connectivity index (χ1v) is 11.7. The Balaban J connectivity index is 1.36. The molecule has 7 heteroatoms. The topological polar surface area (TPSA) is 82.5 Å². The molecule has 0 aromatic carbocycles. The lowest BCUT2D eigenvalue weighted by Gasteiger charge is -2.52. The molecule has 0 aromatic heterocycles. The number of carbonyl (C=O) groups is 1. The van der Waals surface area contributed by atoms with Gasteiger partial charge in [0.25, 0.3) is 0 Å². The molecule has 2 heterocycles. The number of esters is 1. The Morgan fingerprint density at radius 2 is 1.97 bits per heavy atom. The van der Waals surface area contributed by atoms with Gasteiger partial charge in [-0.3, -0.25) is 14.6 Å². The summed E-state index contributed by atoms with van der Waals surface area (Å²) in [4.78, 5) is 17.5. The lowest BCUT2D eigenvalue weighted by atomic mass is 9.55. The molecule has 2 N–H and O–H groups in total. The second kappa shape index (κ2) is 9.25. The van der Waals surface area contributed by atoms with Crippen LogP contribution in [0.4, 0.5) is 0 Å². The van der Waals surface area contributed by atoms with Gasteiger partial charge in [-0.05, 0) is 18.8 Å². The zero-order chi connectivity index (χ0) is 21.3. The van der Waals surface area contributed by atoms with Gasteiger partial charge in [-0.2, -0.15) is 0 Å². The van der Waals surface area contributed by atoms with Crippen molar-refractivity contribution in [3.05, 3.63) is 11.6 Å². The van der Waals surface area contributed by atoms with Gasteiger partial charge in [0.2, 0.25) is 0 Å². The number of rotatable bonds is 7. The summed E-state index contributed by atoms with van der Waals surface area (Å²) < 4.78 is 11.2. The first-order chi connectivity index (χ1) is 14.4. The summed E-state index contributed by atoms with van der Waals surface area (Å²) in [6.45, 7) is 10.8. The smallest absolute Gasteiger partial charge is 0.311 e. The van der Waals surface area contributed by atoms with Crippen LogP contribution in [-0.4, -0.2) is 97.3 Å². The van der Waals surface area contributed by atoms with Gasteiger partial charge in [-0.25, -0.2) is 0 Å². The SMILES string of the molecule is C[C@H]1CCC=C2C[C@H]3OC(=O)[C@@H](CN4CCN(CCOCCO)CC4)[C@H]3[C@@H](O)[C@@]21C. The molecule has 4 rings (SSSR count). The van der Waals surface area contributed by atoms with Gasteiger partial charge in [0.1, 0.15) is 6.10 Å². The van der Waals surface area contributed by atoms with E-state index in [0.717, 1.165) is 52.0 Å². The van der Waals surface area contributed by atoms with E-state index in [2.05, 4.69) is 29.7 Å². The Labute approximate surface area is 180 Å². The second-order valence-electron chi connectivity index (χ2n) is 9.78. The maximum absolute atomic E-state index is 12.8. The maximum Gasteiger partial charge on any atom is 0.311 e. The third-order valence-corrected chi connectivity index (χ3v) is 8.28. The normalized spacial score (nSPS) is 39.9. The summed E-state index contributed by atoms with van der Waals surface area (Å²) in [5.74, 6) is -0.0529. The van der Waals surface area contributed by atoms with Crippen molar-refractivity contribution < 1.29 is 24.5 Å². The average Bonchev–Trinajstić information content (AvgIpc) is 3.04. The van der Waals surface area contributed by atoms with Crippen LogP contribution in [0.1, 0.15) is 33.1 Å². The molecular formula is C23H38N2O5. The van der Waals surface area contributed by atoms with Gasteiger partial charge in [0.15, 0.2) is 0 Å². The molecule has 30 heavy (non-hydrogen) atoms. The molecule has 2 aliphatic heterocycles. The van der Waals surface area contributed by atoms with Crippen molar-refractivity contribution in [2.24, 2.45) is 23.2 Å². The van der Waals surface area contributed by atoms with Crippen molar-refractivity contribution in [2.75, 3.05) is 59.1 Å². The van der Waals surface area contributed by atoms with E-state index in [4.69, 9.17) is 14.6 Å². The fraction of sp³-hybridized carbons (Fsp3) is 0.870. The van der Waals surface area contributed by atoms with Crippen molar-refractivity contribution in [2.45, 2.75) is 45.3 Å². The number of hydrogen-bond acceptors (Lipinski definition) is 7. The number of carbonyl (C=O) groups excluding carboxylic acids is 1. The largest absolute Gasteiger partial charge is 0.461 e. The highest BCUT2D eigenvalue weighted by Crippen LogP contribution is 2.56. The van der Waals surface area contributed by atoms with Gasteiger partial charge >= 0.3 is 5.97 Å². The molecule has 3 fully saturated rings. The number of nitrogens with zero attached hydrogens (tertiary/aromatic N) is 2. The molecule has 4 aliphatic rings. The van der Waals surface area contributed by atoms with Crippen LogP contribution in [0.5, 0.6) is 0 Å². The maximum atomic E-state index is 12.8. The van der Waals surface area contributed by atoms with Gasteiger partial charge < -0.3 is 19.7 Å². The lowest BCUT2D eigenvalue weighted by molar-refractivity contribution is -0.145. The van der Waals surface area contributed by atoms with Crippen molar-refractivity contribution >= 4 is 5.97 Å². The van der Waals surface area contributed by atoms with Crippen LogP contribution in [0.15, 0.2) is 11.6 Å². The summed E-state index contributed by atoms with van der Waals surface area (Å²) in [5.41, 5.74) is 1.05. The third kappa shape index (κ3) is 4.07. The molecule has 1 saturated carbocycles. The molecule has 0 aromatic rings. The fourth-order valence-electron chi connectivity index (χ4n) is 6.11. The van der Waals surface area contributed by atoms with E-state index in [-0.39, 0.29) is 35.9 Å². The first-order valence-electron chi connectivity index (χ1n) is 11.7. The molecular weight excluding hydrogens is 384 g/mol. The molecule has 2 aliphatic carbocycles. The zero-order valence-electron chi connectivity index (χ0n) is 18.5. The van der Waals surface area contributed by atoms with Crippen LogP contribution in [-0.2, 0) is 14.3 Å². The molecule has 0 amide bonds. The summed E-state index contributed by atoms with van der Waals surface area (Å²) in [5, 5.41) is 20.3. The van der Waals surface area contributed by atoms with Crippen LogP contribution >= 0.6 is 0 Å². The predicted molar refractivity (Wildman–Crippen MR) is 113 cm³/mol. The van der Waals surface area contributed by atoms with Crippen LogP contribution in [0.3, 0.4) is 0 Å². The molecule has 0 spiro atoms. The van der Waals surface area contributed by atoms with Crippen LogP contribution in [0.25, 0.3) is 0 Å². The summed E-state index contributed by atoms with van der Waals surface area (Å²) in [7, 11) is 0. The van der Waals surface area contributed by atoms with E-state index < -0.39 is 6.10 Å². The van der Waals surface area contributed by atoms with Crippen molar-refractivity contribution in [1.29, 1.82) is 0 Å². The predicted octanol–water partition coefficient (Wildman–Crippen LogP) is 0.898. The number of ether oxygens (including phenoxy) is 2. The van der Waals surface area contributed by atoms with Crippen LogP contribution in [0, 0.1) is 23.2 Å². The molecule has 0 radical (unpaired) electrons. The highest BCUT2D eigenvalue weighted by molar-refractivity contribution is 5.76. The van der Waals surface area contributed by atoms with E-state index in [1.54, 1.807) is 0 Å². The van der Waals surface area contributed by atoms with E-state index in [1.807, 2.05) is 0 Å². The van der Waals surface area contributed by atoms with Gasteiger partial charge in [0, 0.05) is 57.0 Å². The summed E-state index contributed by atoms with van der Waals surface area (Å²) >= 11 is 0. The van der Waals surface area contributed by atoms with Crippen LogP contribution < -0.4 is 0 Å². The molecule has 0 unspecified atom stereocenters. The van der Waals surface area contributed by atoms with E-state index in [1.165, 1.54) is 5.57 Å². The van der Waals surface area contributed by atoms with Gasteiger partial charge in [-0.1, -0.05) is 25.5 Å². The number of piperazine rings is 1. The highest BCUT2D eigenvalue weighted by Gasteiger charge is 2.59. The molecule has 7 nitrogen and oxygen atoms in total. The number of fused-ring (bicyclic) bond motifs is 2. The fourth-order valence-corrected chi connectivity index (χ4v) is 6.11. The molecule has 170 valence electrons. The standard InChI is InChI=1S/C23H38N2O5/c1-16-4-3-5-17-14-19-20(21(27)23(16,17)2)18(22(28)30-19)15-25-8-6-24(7-9-25)10-12-29-13-11-26/h5,16,18-21,26-27H,3-4,6-15H2,1-2H3/t16-,18-,19+,20+,21+,23+/m0/s1. The van der Waals surface area contributed by atoms with Crippen LogP contribution in [0.2, 0.25) is 0 Å². The second-order valence-corrected chi connectivity index (χ2v) is 9.78. The van der Waals surface area contributed by atoms with Crippen molar-refractivity contribution in [3.63, 3.8) is 0 Å². The molecule has 0 bridgehead atoms. The minimum atomic E-state index is -0.529. The van der Waals surface area contributed by atoms with E-state index in [0.29, 0.717) is 25.7 Å². The highest BCUT2D eigenvalue weighted by atomic mass is 16.6. The lowest BCUT2D eigenvalue weighted by Crippen LogP contribution is -2.55. The van der Waals surface area contributed by atoms with E-state index >= 15 is 0 Å². The Bertz CT molecular complexity index is 648. The summed E-state index contributed by atoms with van der Waals surface area (Å²) in [6.07, 6.45) is 4.52. The first kappa shape index (κ1) is 22.2. The Kier molecular flexibility index (Phi) is 6.85. The zero-order valence-corrected chi connectivity index (χ0v) is 18.5. The number of aliphatic hydroxyl groups excluding tert-OH is 2. The van der Waals surface area contributed by atoms with Crippen molar-refractivity contribution in [3.8, 4) is 0 Å². The molecule has 2 saturated heterocycles. The average molecular weight is 423 g/mol.